The highest BCUT2D eigenvalue weighted by molar-refractivity contribution is 5.76. The molecule has 2 unspecified atom stereocenters. The van der Waals surface area contributed by atoms with Crippen LogP contribution in [0.15, 0.2) is 24.3 Å². The summed E-state index contributed by atoms with van der Waals surface area (Å²) in [4.78, 5) is 24.6. The molecule has 0 heterocycles. The summed E-state index contributed by atoms with van der Waals surface area (Å²) in [6.07, 6.45) is 72.1. The van der Waals surface area contributed by atoms with E-state index < -0.39 is 12.1 Å². The first-order chi connectivity index (χ1) is 34.0. The second-order valence-electron chi connectivity index (χ2n) is 21.4. The van der Waals surface area contributed by atoms with Crippen molar-refractivity contribution in [1.82, 2.24) is 5.32 Å². The fourth-order valence-electron chi connectivity index (χ4n) is 9.69. The Bertz CT molecular complexity index is 1080. The van der Waals surface area contributed by atoms with Crippen molar-refractivity contribution in [1.29, 1.82) is 0 Å². The molecule has 0 aliphatic heterocycles. The van der Waals surface area contributed by atoms with Crippen LogP contribution in [-0.2, 0) is 14.3 Å². The average Bonchev–Trinajstić information content (AvgIpc) is 3.35. The molecule has 69 heavy (non-hydrogen) atoms. The van der Waals surface area contributed by atoms with Crippen molar-refractivity contribution in [2.24, 2.45) is 0 Å². The molecule has 0 saturated carbocycles. The Morgan fingerprint density at radius 1 is 0.391 bits per heavy atom. The monoisotopic (exact) mass is 972 g/mol. The Kier molecular flexibility index (Phi) is 57.5. The van der Waals surface area contributed by atoms with Crippen LogP contribution in [-0.4, -0.2) is 47.4 Å². The van der Waals surface area contributed by atoms with Gasteiger partial charge in [-0.15, -0.1) is 0 Å². The summed E-state index contributed by atoms with van der Waals surface area (Å²) in [5.74, 6) is -0.0660. The number of carbonyl (C=O) groups is 2. The molecule has 1 amide bonds. The highest BCUT2D eigenvalue weighted by Gasteiger charge is 2.18. The van der Waals surface area contributed by atoms with Gasteiger partial charge in [0, 0.05) is 12.8 Å². The second kappa shape index (κ2) is 58.9. The van der Waals surface area contributed by atoms with E-state index in [-0.39, 0.29) is 18.5 Å². The van der Waals surface area contributed by atoms with Crippen molar-refractivity contribution >= 4 is 11.9 Å². The van der Waals surface area contributed by atoms with Gasteiger partial charge in [0.1, 0.15) is 0 Å². The fourth-order valence-corrected chi connectivity index (χ4v) is 9.69. The largest absolute Gasteiger partial charge is 0.466 e. The molecule has 0 aromatic carbocycles. The summed E-state index contributed by atoms with van der Waals surface area (Å²) < 4.78 is 5.49. The molecule has 6 heteroatoms. The van der Waals surface area contributed by atoms with Crippen molar-refractivity contribution in [3.05, 3.63) is 24.3 Å². The maximum Gasteiger partial charge on any atom is 0.305 e. The predicted molar refractivity (Wildman–Crippen MR) is 301 cm³/mol. The zero-order valence-corrected chi connectivity index (χ0v) is 46.6. The van der Waals surface area contributed by atoms with Gasteiger partial charge in [-0.1, -0.05) is 295 Å². The molecule has 0 fully saturated rings. The van der Waals surface area contributed by atoms with E-state index in [0.717, 1.165) is 44.9 Å². The van der Waals surface area contributed by atoms with Crippen LogP contribution in [0.2, 0.25) is 0 Å². The summed E-state index contributed by atoms with van der Waals surface area (Å²) in [6, 6.07) is -0.631. The van der Waals surface area contributed by atoms with Gasteiger partial charge in [0.05, 0.1) is 25.4 Å². The number of nitrogens with one attached hydrogen (secondary N) is 1. The number of carbonyl (C=O) groups excluding carboxylic acids is 2. The molecule has 0 saturated heterocycles. The number of aliphatic hydroxyl groups excluding tert-OH is 2. The molecule has 3 N–H and O–H groups in total. The maximum atomic E-state index is 12.5. The summed E-state index contributed by atoms with van der Waals surface area (Å²) >= 11 is 0. The third-order valence-corrected chi connectivity index (χ3v) is 14.5. The smallest absolute Gasteiger partial charge is 0.305 e. The van der Waals surface area contributed by atoms with E-state index in [1.807, 2.05) is 6.08 Å². The number of rotatable bonds is 58. The average molecular weight is 973 g/mol. The molecule has 0 rings (SSSR count). The van der Waals surface area contributed by atoms with E-state index in [4.69, 9.17) is 4.74 Å². The lowest BCUT2D eigenvalue weighted by Crippen LogP contribution is -2.45. The minimum atomic E-state index is -0.847. The first kappa shape index (κ1) is 67.3. The van der Waals surface area contributed by atoms with Crippen LogP contribution in [0.5, 0.6) is 0 Å². The minimum Gasteiger partial charge on any atom is -0.466 e. The molecule has 0 aliphatic rings. The predicted octanol–water partition coefficient (Wildman–Crippen LogP) is 19.4. The van der Waals surface area contributed by atoms with Gasteiger partial charge < -0.3 is 20.3 Å². The van der Waals surface area contributed by atoms with Gasteiger partial charge in [-0.2, -0.15) is 0 Å². The lowest BCUT2D eigenvalue weighted by molar-refractivity contribution is -0.143. The number of ether oxygens (including phenoxy) is 1. The van der Waals surface area contributed by atoms with E-state index >= 15 is 0 Å². The normalized spacial score (nSPS) is 12.7. The molecular formula is C63H121NO5. The SMILES string of the molecule is CCCCCCCCC/C=C\CCCCCCCCCC(=O)OCCCCCCCCCCCCCCCCCCCCC(=O)NC(CO)C(O)/C=C/CCCCCCCCCCCCCCCC. The Morgan fingerprint density at radius 2 is 0.681 bits per heavy atom. The van der Waals surface area contributed by atoms with Gasteiger partial charge in [-0.05, 0) is 57.8 Å². The molecule has 408 valence electrons. The van der Waals surface area contributed by atoms with Crippen molar-refractivity contribution in [3.8, 4) is 0 Å². The van der Waals surface area contributed by atoms with Crippen LogP contribution in [0.3, 0.4) is 0 Å². The zero-order chi connectivity index (χ0) is 50.0. The van der Waals surface area contributed by atoms with Crippen LogP contribution in [0.1, 0.15) is 341 Å². The Morgan fingerprint density at radius 3 is 1.03 bits per heavy atom. The first-order valence-corrected chi connectivity index (χ1v) is 31.1. The van der Waals surface area contributed by atoms with Crippen LogP contribution in [0, 0.1) is 0 Å². The molecule has 0 spiro atoms. The van der Waals surface area contributed by atoms with E-state index in [9.17, 15) is 19.8 Å². The first-order valence-electron chi connectivity index (χ1n) is 31.1. The van der Waals surface area contributed by atoms with Crippen molar-refractivity contribution in [2.75, 3.05) is 13.2 Å². The fraction of sp³-hybridized carbons (Fsp3) is 0.905. The maximum absolute atomic E-state index is 12.5. The summed E-state index contributed by atoms with van der Waals surface area (Å²) in [5, 5.41) is 23.1. The molecule has 0 radical (unpaired) electrons. The van der Waals surface area contributed by atoms with Crippen molar-refractivity contribution < 1.29 is 24.5 Å². The summed E-state index contributed by atoms with van der Waals surface area (Å²) in [5.41, 5.74) is 0. The Hall–Kier alpha value is -1.66. The van der Waals surface area contributed by atoms with Crippen LogP contribution < -0.4 is 5.32 Å². The van der Waals surface area contributed by atoms with Gasteiger partial charge >= 0.3 is 5.97 Å². The zero-order valence-electron chi connectivity index (χ0n) is 46.6. The number of esters is 1. The number of aliphatic hydroxyl groups is 2. The quantitative estimate of drug-likeness (QED) is 0.0321. The Balaban J connectivity index is 3.42. The molecule has 6 nitrogen and oxygen atoms in total. The number of hydrogen-bond acceptors (Lipinski definition) is 5. The van der Waals surface area contributed by atoms with Gasteiger partial charge in [-0.25, -0.2) is 0 Å². The molecule has 2 atom stereocenters. The molecule has 0 bridgehead atoms. The third-order valence-electron chi connectivity index (χ3n) is 14.5. The molecule has 0 aromatic heterocycles. The number of unbranched alkanes of at least 4 members (excludes halogenated alkanes) is 45. The van der Waals surface area contributed by atoms with E-state index in [0.29, 0.717) is 19.4 Å². The number of amides is 1. The summed E-state index contributed by atoms with van der Waals surface area (Å²) in [6.45, 7) is 4.91. The number of hydrogen-bond donors (Lipinski definition) is 3. The standard InChI is InChI=1S/C63H121NO5/c1-3-5-7-9-11-13-15-17-19-21-25-29-33-37-41-45-49-53-57-63(68)69-58-54-50-46-42-38-34-30-26-23-22-24-28-32-36-40-44-48-52-56-62(67)64-60(59-65)61(66)55-51-47-43-39-35-31-27-20-18-16-14-12-10-8-6-4-2/h19,21,51,55,60-61,65-66H,3-18,20,22-50,52-54,56-59H2,1-2H3,(H,64,67)/b21-19-,55-51+. The molecular weight excluding hydrogens is 851 g/mol. The van der Waals surface area contributed by atoms with Gasteiger partial charge in [0.2, 0.25) is 5.91 Å². The topological polar surface area (TPSA) is 95.9 Å². The lowest BCUT2D eigenvalue weighted by Gasteiger charge is -2.20. The lowest BCUT2D eigenvalue weighted by atomic mass is 10.0. The molecule has 0 aromatic rings. The highest BCUT2D eigenvalue weighted by Crippen LogP contribution is 2.17. The van der Waals surface area contributed by atoms with Gasteiger partial charge in [-0.3, -0.25) is 9.59 Å². The third kappa shape index (κ3) is 55.5. The van der Waals surface area contributed by atoms with Crippen molar-refractivity contribution in [2.45, 2.75) is 353 Å². The minimum absolute atomic E-state index is 0.00406. The van der Waals surface area contributed by atoms with Crippen molar-refractivity contribution in [3.63, 3.8) is 0 Å². The Labute approximate surface area is 431 Å². The van der Waals surface area contributed by atoms with Gasteiger partial charge in [0.25, 0.3) is 0 Å². The van der Waals surface area contributed by atoms with Gasteiger partial charge in [0.15, 0.2) is 0 Å². The van der Waals surface area contributed by atoms with E-state index in [1.165, 1.54) is 270 Å². The summed E-state index contributed by atoms with van der Waals surface area (Å²) in [7, 11) is 0. The molecule has 0 aliphatic carbocycles. The number of allylic oxidation sites excluding steroid dienone is 3. The van der Waals surface area contributed by atoms with E-state index in [1.54, 1.807) is 6.08 Å². The highest BCUT2D eigenvalue weighted by atomic mass is 16.5. The van der Waals surface area contributed by atoms with E-state index in [2.05, 4.69) is 31.3 Å². The second-order valence-corrected chi connectivity index (χ2v) is 21.4. The van der Waals surface area contributed by atoms with Crippen LogP contribution in [0.4, 0.5) is 0 Å². The van der Waals surface area contributed by atoms with Crippen LogP contribution >= 0.6 is 0 Å². The van der Waals surface area contributed by atoms with Crippen LogP contribution in [0.25, 0.3) is 0 Å².